The van der Waals surface area contributed by atoms with E-state index in [1.807, 2.05) is 18.7 Å². The molecule has 0 aromatic rings. The second kappa shape index (κ2) is 5.53. The Labute approximate surface area is 96.3 Å². The molecular formula is C11H21NO2S. The minimum Gasteiger partial charge on any atom is -0.380 e. The number of ether oxygens (including phenoxy) is 2. The molecule has 1 N–H and O–H groups in total. The van der Waals surface area contributed by atoms with Crippen molar-refractivity contribution in [3.63, 3.8) is 0 Å². The van der Waals surface area contributed by atoms with Gasteiger partial charge < -0.3 is 14.8 Å². The molecular weight excluding hydrogens is 210 g/mol. The van der Waals surface area contributed by atoms with Gasteiger partial charge >= 0.3 is 0 Å². The van der Waals surface area contributed by atoms with Gasteiger partial charge in [-0.3, -0.25) is 0 Å². The molecule has 15 heavy (non-hydrogen) atoms. The molecule has 0 aromatic carbocycles. The zero-order chi connectivity index (χ0) is 10.6. The van der Waals surface area contributed by atoms with E-state index in [9.17, 15) is 0 Å². The van der Waals surface area contributed by atoms with Crippen LogP contribution >= 0.6 is 11.8 Å². The average Bonchev–Trinajstić information content (AvgIpc) is 2.29. The van der Waals surface area contributed by atoms with Gasteiger partial charge in [-0.15, -0.1) is 0 Å². The largest absolute Gasteiger partial charge is 0.380 e. The summed E-state index contributed by atoms with van der Waals surface area (Å²) in [6, 6.07) is 0.395. The molecule has 2 heterocycles. The van der Waals surface area contributed by atoms with Crippen LogP contribution in [0, 0.1) is 0 Å². The second-order valence-electron chi connectivity index (χ2n) is 4.19. The Morgan fingerprint density at radius 2 is 2.27 bits per heavy atom. The number of hydrogen-bond donors (Lipinski definition) is 1. The molecule has 2 rings (SSSR count). The maximum atomic E-state index is 6.06. The first-order valence-electron chi connectivity index (χ1n) is 5.90. The van der Waals surface area contributed by atoms with E-state index in [1.54, 1.807) is 0 Å². The van der Waals surface area contributed by atoms with Crippen LogP contribution < -0.4 is 5.32 Å². The molecule has 1 atom stereocenters. The Kier molecular flexibility index (Phi) is 4.31. The summed E-state index contributed by atoms with van der Waals surface area (Å²) in [5.41, 5.74) is 0.0681. The van der Waals surface area contributed by atoms with Crippen molar-refractivity contribution in [1.82, 2.24) is 5.32 Å². The lowest BCUT2D eigenvalue weighted by Gasteiger charge is -2.46. The van der Waals surface area contributed by atoms with Crippen molar-refractivity contribution in [3.05, 3.63) is 0 Å². The number of nitrogens with one attached hydrogen (secondary N) is 1. The zero-order valence-electron chi connectivity index (χ0n) is 9.46. The molecule has 1 spiro atoms. The van der Waals surface area contributed by atoms with Crippen molar-refractivity contribution in [2.75, 3.05) is 37.9 Å². The van der Waals surface area contributed by atoms with Gasteiger partial charge in [0, 0.05) is 13.2 Å². The first kappa shape index (κ1) is 11.7. The molecule has 2 aliphatic heterocycles. The Morgan fingerprint density at radius 3 is 3.00 bits per heavy atom. The molecule has 2 saturated heterocycles. The van der Waals surface area contributed by atoms with E-state index in [-0.39, 0.29) is 5.60 Å². The molecule has 2 aliphatic rings. The van der Waals surface area contributed by atoms with Crippen LogP contribution in [0.15, 0.2) is 0 Å². The quantitative estimate of drug-likeness (QED) is 0.792. The van der Waals surface area contributed by atoms with Crippen LogP contribution in [-0.2, 0) is 9.47 Å². The number of rotatable bonds is 3. The van der Waals surface area contributed by atoms with E-state index in [2.05, 4.69) is 5.32 Å². The first-order chi connectivity index (χ1) is 7.37. The molecule has 0 radical (unpaired) electrons. The summed E-state index contributed by atoms with van der Waals surface area (Å²) in [4.78, 5) is 0. The van der Waals surface area contributed by atoms with E-state index >= 15 is 0 Å². The van der Waals surface area contributed by atoms with Crippen molar-refractivity contribution in [2.24, 2.45) is 0 Å². The smallest absolute Gasteiger partial charge is 0.0873 e. The van der Waals surface area contributed by atoms with Gasteiger partial charge in [0.1, 0.15) is 0 Å². The summed E-state index contributed by atoms with van der Waals surface area (Å²) in [5.74, 6) is 2.45. The van der Waals surface area contributed by atoms with Gasteiger partial charge in [0.2, 0.25) is 0 Å². The molecule has 0 bridgehead atoms. The molecule has 2 fully saturated rings. The Morgan fingerprint density at radius 1 is 1.47 bits per heavy atom. The molecule has 3 nitrogen and oxygen atoms in total. The average molecular weight is 231 g/mol. The van der Waals surface area contributed by atoms with Crippen LogP contribution in [0.1, 0.15) is 19.8 Å². The highest BCUT2D eigenvalue weighted by molar-refractivity contribution is 7.99. The van der Waals surface area contributed by atoms with Crippen LogP contribution in [0.4, 0.5) is 0 Å². The van der Waals surface area contributed by atoms with E-state index in [0.29, 0.717) is 6.04 Å². The van der Waals surface area contributed by atoms with Crippen LogP contribution in [-0.4, -0.2) is 49.5 Å². The van der Waals surface area contributed by atoms with Gasteiger partial charge in [-0.2, -0.15) is 11.8 Å². The monoisotopic (exact) mass is 231 g/mol. The Bertz CT molecular complexity index is 187. The van der Waals surface area contributed by atoms with Gasteiger partial charge in [0.25, 0.3) is 0 Å². The van der Waals surface area contributed by atoms with Crippen molar-refractivity contribution in [1.29, 1.82) is 0 Å². The lowest BCUT2D eigenvalue weighted by Crippen LogP contribution is -2.61. The lowest BCUT2D eigenvalue weighted by atomic mass is 9.87. The standard InChI is InChI=1S/C11H21NO2S/c1-2-13-9-10-11(14-6-5-12-10)3-7-15-8-4-11/h10,12H,2-9H2,1H3. The fraction of sp³-hybridized carbons (Fsp3) is 1.00. The van der Waals surface area contributed by atoms with Crippen molar-refractivity contribution < 1.29 is 9.47 Å². The van der Waals surface area contributed by atoms with Gasteiger partial charge in [-0.1, -0.05) is 0 Å². The van der Waals surface area contributed by atoms with Crippen LogP contribution in [0.3, 0.4) is 0 Å². The summed E-state index contributed by atoms with van der Waals surface area (Å²) in [5, 5.41) is 3.56. The van der Waals surface area contributed by atoms with Crippen LogP contribution in [0.25, 0.3) is 0 Å². The summed E-state index contributed by atoms with van der Waals surface area (Å²) < 4.78 is 11.6. The molecule has 1 unspecified atom stereocenters. The van der Waals surface area contributed by atoms with Gasteiger partial charge in [-0.05, 0) is 31.3 Å². The van der Waals surface area contributed by atoms with Gasteiger partial charge in [-0.25, -0.2) is 0 Å². The van der Waals surface area contributed by atoms with Gasteiger partial charge in [0.15, 0.2) is 0 Å². The summed E-state index contributed by atoms with van der Waals surface area (Å²) in [7, 11) is 0. The van der Waals surface area contributed by atoms with Gasteiger partial charge in [0.05, 0.1) is 24.9 Å². The summed E-state index contributed by atoms with van der Waals surface area (Å²) in [6.45, 7) is 5.46. The van der Waals surface area contributed by atoms with Crippen molar-refractivity contribution >= 4 is 11.8 Å². The Balaban J connectivity index is 1.97. The summed E-state index contributed by atoms with van der Waals surface area (Å²) in [6.07, 6.45) is 2.34. The fourth-order valence-corrected chi connectivity index (χ4v) is 3.61. The molecule has 0 aromatic heterocycles. The zero-order valence-corrected chi connectivity index (χ0v) is 10.3. The normalized spacial score (nSPS) is 30.6. The highest BCUT2D eigenvalue weighted by Gasteiger charge is 2.42. The minimum atomic E-state index is 0.0681. The van der Waals surface area contributed by atoms with Crippen LogP contribution in [0.2, 0.25) is 0 Å². The molecule has 4 heteroatoms. The maximum absolute atomic E-state index is 6.06. The minimum absolute atomic E-state index is 0.0681. The number of morpholine rings is 1. The molecule has 0 aliphatic carbocycles. The fourth-order valence-electron chi connectivity index (χ4n) is 2.43. The molecule has 88 valence electrons. The summed E-state index contributed by atoms with van der Waals surface area (Å²) >= 11 is 2.04. The Hall–Kier alpha value is 0.230. The first-order valence-corrected chi connectivity index (χ1v) is 7.06. The third kappa shape index (κ3) is 2.67. The molecule has 0 amide bonds. The topological polar surface area (TPSA) is 30.5 Å². The van der Waals surface area contributed by atoms with Crippen molar-refractivity contribution in [2.45, 2.75) is 31.4 Å². The third-order valence-electron chi connectivity index (χ3n) is 3.35. The lowest BCUT2D eigenvalue weighted by molar-refractivity contribution is -0.117. The predicted octanol–water partition coefficient (Wildman–Crippen LogP) is 1.28. The van der Waals surface area contributed by atoms with Crippen LogP contribution in [0.5, 0.6) is 0 Å². The van der Waals surface area contributed by atoms with E-state index in [0.717, 1.165) is 26.4 Å². The maximum Gasteiger partial charge on any atom is 0.0873 e. The highest BCUT2D eigenvalue weighted by atomic mass is 32.2. The van der Waals surface area contributed by atoms with E-state index in [1.165, 1.54) is 24.3 Å². The predicted molar refractivity (Wildman–Crippen MR) is 63.5 cm³/mol. The molecule has 0 saturated carbocycles. The van der Waals surface area contributed by atoms with E-state index < -0.39 is 0 Å². The number of hydrogen-bond acceptors (Lipinski definition) is 4. The third-order valence-corrected chi connectivity index (χ3v) is 4.33. The second-order valence-corrected chi connectivity index (χ2v) is 5.42. The number of thioether (sulfide) groups is 1. The highest BCUT2D eigenvalue weighted by Crippen LogP contribution is 2.34. The SMILES string of the molecule is CCOCC1NCCOC12CCSCC2. The van der Waals surface area contributed by atoms with E-state index in [4.69, 9.17) is 9.47 Å². The van der Waals surface area contributed by atoms with Crippen molar-refractivity contribution in [3.8, 4) is 0 Å².